The van der Waals surface area contributed by atoms with Crippen molar-refractivity contribution in [3.63, 3.8) is 0 Å². The number of β-amino-alcohol motifs (C(OH)–C–C–N with tert-alkyl or cyclic N) is 1. The van der Waals surface area contributed by atoms with E-state index in [-0.39, 0.29) is 12.6 Å². The molecule has 7 heteroatoms. The van der Waals surface area contributed by atoms with Crippen molar-refractivity contribution in [1.82, 2.24) is 9.88 Å². The van der Waals surface area contributed by atoms with Gasteiger partial charge in [0.1, 0.15) is 16.9 Å². The minimum Gasteiger partial charge on any atom is -0.444 e. The van der Waals surface area contributed by atoms with E-state index in [1.807, 2.05) is 20.8 Å². The number of thiazole rings is 1. The summed E-state index contributed by atoms with van der Waals surface area (Å²) >= 11 is 1.48. The molecule has 0 spiro atoms. The second-order valence-corrected chi connectivity index (χ2v) is 7.55. The first kappa shape index (κ1) is 16.9. The number of aromatic nitrogens is 1. The van der Waals surface area contributed by atoms with Crippen LogP contribution in [0.1, 0.15) is 49.5 Å². The van der Waals surface area contributed by atoms with Crippen LogP contribution in [0.25, 0.3) is 0 Å². The number of amides is 1. The van der Waals surface area contributed by atoms with Gasteiger partial charge in [0, 0.05) is 23.9 Å². The van der Waals surface area contributed by atoms with E-state index in [1.165, 1.54) is 16.2 Å². The molecule has 0 bridgehead atoms. The number of rotatable bonds is 4. The quantitative estimate of drug-likeness (QED) is 0.859. The fraction of sp³-hybridized carbons (Fsp3) is 0.667. The van der Waals surface area contributed by atoms with Crippen molar-refractivity contribution >= 4 is 23.7 Å². The lowest BCUT2D eigenvalue weighted by Gasteiger charge is -2.27. The Kier molecular flexibility index (Phi) is 5.18. The number of likely N-dealkylation sites (tertiary alicyclic amines) is 1. The summed E-state index contributed by atoms with van der Waals surface area (Å²) < 4.78 is 5.40. The summed E-state index contributed by atoms with van der Waals surface area (Å²) in [5.74, 6) is 0. The molecule has 1 aromatic heterocycles. The first-order valence-corrected chi connectivity index (χ1v) is 8.17. The minimum absolute atomic E-state index is 0.253. The highest BCUT2D eigenvalue weighted by Gasteiger charge is 2.39. The molecule has 122 valence electrons. The number of carbonyl (C=O) groups is 2. The second-order valence-electron chi connectivity index (χ2n) is 6.41. The number of aldehydes is 1. The van der Waals surface area contributed by atoms with E-state index in [4.69, 9.17) is 4.74 Å². The molecule has 2 heterocycles. The molecule has 1 aromatic rings. The molecule has 0 aromatic carbocycles. The van der Waals surface area contributed by atoms with Gasteiger partial charge in [0.05, 0.1) is 18.7 Å². The van der Waals surface area contributed by atoms with Crippen molar-refractivity contribution in [2.24, 2.45) is 0 Å². The number of aliphatic hydroxyl groups excluding tert-OH is 1. The highest BCUT2D eigenvalue weighted by atomic mass is 32.1. The van der Waals surface area contributed by atoms with Crippen LogP contribution in [0.3, 0.4) is 0 Å². The van der Waals surface area contributed by atoms with E-state index < -0.39 is 17.8 Å². The Morgan fingerprint density at radius 3 is 2.95 bits per heavy atom. The lowest BCUT2D eigenvalue weighted by molar-refractivity contribution is -0.107. The van der Waals surface area contributed by atoms with Gasteiger partial charge in [-0.1, -0.05) is 0 Å². The summed E-state index contributed by atoms with van der Waals surface area (Å²) in [4.78, 5) is 29.6. The first-order valence-electron chi connectivity index (χ1n) is 7.36. The molecule has 6 nitrogen and oxygen atoms in total. The average molecular weight is 326 g/mol. The highest BCUT2D eigenvalue weighted by Crippen LogP contribution is 2.35. The van der Waals surface area contributed by atoms with Crippen molar-refractivity contribution in [3.8, 4) is 0 Å². The Morgan fingerprint density at radius 2 is 2.32 bits per heavy atom. The van der Waals surface area contributed by atoms with Crippen molar-refractivity contribution in [3.05, 3.63) is 16.1 Å². The number of ether oxygens (including phenoxy) is 1. The van der Waals surface area contributed by atoms with E-state index in [2.05, 4.69) is 4.98 Å². The molecular weight excluding hydrogens is 304 g/mol. The van der Waals surface area contributed by atoms with Crippen LogP contribution in [0.5, 0.6) is 0 Å². The van der Waals surface area contributed by atoms with E-state index in [9.17, 15) is 14.7 Å². The zero-order valence-corrected chi connectivity index (χ0v) is 13.9. The van der Waals surface area contributed by atoms with Gasteiger partial charge in [0.2, 0.25) is 0 Å². The highest BCUT2D eigenvalue weighted by molar-refractivity contribution is 7.11. The summed E-state index contributed by atoms with van der Waals surface area (Å²) in [6, 6.07) is -0.264. The Balaban J connectivity index is 2.11. The summed E-state index contributed by atoms with van der Waals surface area (Å²) in [6.07, 6.45) is 3.19. The summed E-state index contributed by atoms with van der Waals surface area (Å²) in [7, 11) is 0. The van der Waals surface area contributed by atoms with Crippen LogP contribution in [0.15, 0.2) is 6.20 Å². The third-order valence-electron chi connectivity index (χ3n) is 3.27. The molecular formula is C15H22N2O4S. The smallest absolute Gasteiger partial charge is 0.410 e. The van der Waals surface area contributed by atoms with Gasteiger partial charge in [0.25, 0.3) is 0 Å². The van der Waals surface area contributed by atoms with Crippen LogP contribution in [0, 0.1) is 0 Å². The number of nitrogens with zero attached hydrogens (tertiary/aromatic N) is 2. The maximum atomic E-state index is 12.3. The predicted octanol–water partition coefficient (Wildman–Crippen LogP) is 2.32. The largest absolute Gasteiger partial charge is 0.444 e. The van der Waals surface area contributed by atoms with Gasteiger partial charge < -0.3 is 14.6 Å². The number of aliphatic hydroxyl groups is 1. The molecule has 1 amide bonds. The molecule has 22 heavy (non-hydrogen) atoms. The number of aryl methyl sites for hydroxylation is 1. The van der Waals surface area contributed by atoms with E-state index in [0.29, 0.717) is 19.3 Å². The topological polar surface area (TPSA) is 79.7 Å². The molecule has 2 atom stereocenters. The molecule has 0 saturated carbocycles. The molecule has 1 aliphatic heterocycles. The first-order chi connectivity index (χ1) is 10.3. The SMILES string of the molecule is CC(C)(C)OC(=O)N1C[C@H](O)C[C@H]1c1ncc(CCC=O)s1. The molecule has 0 unspecified atom stereocenters. The van der Waals surface area contributed by atoms with Crippen molar-refractivity contribution in [1.29, 1.82) is 0 Å². The summed E-state index contributed by atoms with van der Waals surface area (Å²) in [5.41, 5.74) is -0.576. The molecule has 1 aliphatic rings. The zero-order valence-electron chi connectivity index (χ0n) is 13.1. The number of carbonyl (C=O) groups excluding carboxylic acids is 2. The van der Waals surface area contributed by atoms with Crippen LogP contribution in [-0.4, -0.2) is 45.6 Å². The van der Waals surface area contributed by atoms with Gasteiger partial charge in [-0.2, -0.15) is 0 Å². The Hall–Kier alpha value is -1.47. The van der Waals surface area contributed by atoms with E-state index in [1.54, 1.807) is 6.20 Å². The maximum absolute atomic E-state index is 12.3. The van der Waals surface area contributed by atoms with Crippen LogP contribution in [-0.2, 0) is 16.0 Å². The fourth-order valence-corrected chi connectivity index (χ4v) is 3.42. The van der Waals surface area contributed by atoms with E-state index in [0.717, 1.165) is 16.2 Å². The number of hydrogen-bond acceptors (Lipinski definition) is 6. The molecule has 2 rings (SSSR count). The van der Waals surface area contributed by atoms with Crippen molar-refractivity contribution in [2.75, 3.05) is 6.54 Å². The maximum Gasteiger partial charge on any atom is 0.410 e. The Labute approximate surface area is 134 Å². The lowest BCUT2D eigenvalue weighted by Crippen LogP contribution is -2.37. The lowest BCUT2D eigenvalue weighted by atomic mass is 10.2. The van der Waals surface area contributed by atoms with Crippen LogP contribution in [0.2, 0.25) is 0 Å². The molecule has 1 saturated heterocycles. The molecule has 1 N–H and O–H groups in total. The monoisotopic (exact) mass is 326 g/mol. The third kappa shape index (κ3) is 4.27. The van der Waals surface area contributed by atoms with Crippen molar-refractivity contribution in [2.45, 2.75) is 57.8 Å². The Morgan fingerprint density at radius 1 is 1.59 bits per heavy atom. The fourth-order valence-electron chi connectivity index (χ4n) is 2.36. The molecule has 0 aliphatic carbocycles. The third-order valence-corrected chi connectivity index (χ3v) is 4.43. The van der Waals surface area contributed by atoms with Gasteiger partial charge in [-0.25, -0.2) is 9.78 Å². The van der Waals surface area contributed by atoms with Gasteiger partial charge in [-0.05, 0) is 27.2 Å². The van der Waals surface area contributed by atoms with E-state index >= 15 is 0 Å². The predicted molar refractivity (Wildman–Crippen MR) is 82.8 cm³/mol. The molecule has 0 radical (unpaired) electrons. The minimum atomic E-state index is -0.576. The number of hydrogen-bond donors (Lipinski definition) is 1. The molecule has 1 fully saturated rings. The standard InChI is InChI=1S/C15H22N2O4S/c1-15(2,3)21-14(20)17-9-10(19)7-12(17)13-16-8-11(22-13)5-4-6-18/h6,8,10,12,19H,4-5,7,9H2,1-3H3/t10-,12+/m1/s1. The van der Waals surface area contributed by atoms with Crippen LogP contribution < -0.4 is 0 Å². The van der Waals surface area contributed by atoms with Crippen LogP contribution in [0.4, 0.5) is 4.79 Å². The van der Waals surface area contributed by atoms with Gasteiger partial charge >= 0.3 is 6.09 Å². The average Bonchev–Trinajstić information content (AvgIpc) is 3.00. The van der Waals surface area contributed by atoms with Gasteiger partial charge in [-0.15, -0.1) is 11.3 Å². The normalized spacial score (nSPS) is 21.9. The van der Waals surface area contributed by atoms with Gasteiger partial charge in [0.15, 0.2) is 0 Å². The van der Waals surface area contributed by atoms with Crippen molar-refractivity contribution < 1.29 is 19.4 Å². The zero-order chi connectivity index (χ0) is 16.3. The van der Waals surface area contributed by atoms with Crippen LogP contribution >= 0.6 is 11.3 Å². The summed E-state index contributed by atoms with van der Waals surface area (Å²) in [6.45, 7) is 5.69. The Bertz CT molecular complexity index is 538. The van der Waals surface area contributed by atoms with Gasteiger partial charge in [-0.3, -0.25) is 4.90 Å². The summed E-state index contributed by atoms with van der Waals surface area (Å²) in [5, 5.41) is 10.7. The second kappa shape index (κ2) is 6.75.